The van der Waals surface area contributed by atoms with Crippen LogP contribution in [-0.4, -0.2) is 0 Å². The van der Waals surface area contributed by atoms with Crippen LogP contribution < -0.4 is 4.74 Å². The van der Waals surface area contributed by atoms with Gasteiger partial charge in [-0.25, -0.2) is 0 Å². The van der Waals surface area contributed by atoms with Crippen LogP contribution >= 0.6 is 0 Å². The molecule has 0 spiro atoms. The molecule has 9 aromatic carbocycles. The minimum atomic E-state index is 0.911. The Hall–Kier alpha value is -6.18. The molecule has 0 N–H and O–H groups in total. The van der Waals surface area contributed by atoms with Gasteiger partial charge >= 0.3 is 0 Å². The van der Waals surface area contributed by atoms with Crippen LogP contribution in [0.4, 0.5) is 0 Å². The smallest absolute Gasteiger partial charge is 0.143 e. The van der Waals surface area contributed by atoms with Crippen LogP contribution in [0.2, 0.25) is 0 Å². The molecule has 0 aromatic heterocycles. The van der Waals surface area contributed by atoms with E-state index in [1.165, 1.54) is 76.5 Å². The van der Waals surface area contributed by atoms with E-state index in [2.05, 4.69) is 170 Å². The van der Waals surface area contributed by atoms with E-state index in [-0.39, 0.29) is 0 Å². The molecule has 218 valence electrons. The molecule has 9 aromatic rings. The van der Waals surface area contributed by atoms with Gasteiger partial charge in [-0.05, 0) is 77.7 Å². The molecule has 0 saturated heterocycles. The zero-order valence-corrected chi connectivity index (χ0v) is 25.6. The zero-order valence-electron chi connectivity index (χ0n) is 25.6. The lowest BCUT2D eigenvalue weighted by Crippen LogP contribution is -2.00. The fourth-order valence-corrected chi connectivity index (χ4v) is 7.80. The van der Waals surface area contributed by atoms with Crippen molar-refractivity contribution >= 4 is 43.1 Å². The summed E-state index contributed by atoms with van der Waals surface area (Å²) in [6.45, 7) is 0. The van der Waals surface area contributed by atoms with Gasteiger partial charge in [-0.1, -0.05) is 158 Å². The summed E-state index contributed by atoms with van der Waals surface area (Å²) in [5.74, 6) is 1.83. The third-order valence-corrected chi connectivity index (χ3v) is 9.84. The van der Waals surface area contributed by atoms with Crippen LogP contribution in [0, 0.1) is 0 Å². The first-order chi connectivity index (χ1) is 23.3. The molecular formula is C46H28O. The second-order valence-corrected chi connectivity index (χ2v) is 12.4. The first kappa shape index (κ1) is 26.1. The van der Waals surface area contributed by atoms with Crippen molar-refractivity contribution in [3.8, 4) is 56.0 Å². The highest BCUT2D eigenvalue weighted by Gasteiger charge is 2.25. The SMILES string of the molecule is c1ccc(-c2ccc3c(-c4c5ccccc5c(-c5cccc6c5Oc5cccc7cccc-6c57)c5ccccc45)cccc3c2)cc1. The first-order valence-corrected chi connectivity index (χ1v) is 16.2. The largest absolute Gasteiger partial charge is 0.455 e. The van der Waals surface area contributed by atoms with Crippen molar-refractivity contribution in [1.29, 1.82) is 0 Å². The minimum absolute atomic E-state index is 0.911. The Bertz CT molecular complexity index is 2640. The molecule has 1 aliphatic heterocycles. The quantitative estimate of drug-likeness (QED) is 0.184. The monoisotopic (exact) mass is 596 g/mol. The van der Waals surface area contributed by atoms with E-state index < -0.39 is 0 Å². The molecular weight excluding hydrogens is 569 g/mol. The van der Waals surface area contributed by atoms with Gasteiger partial charge in [0.25, 0.3) is 0 Å². The summed E-state index contributed by atoms with van der Waals surface area (Å²) < 4.78 is 6.85. The van der Waals surface area contributed by atoms with Gasteiger partial charge in [-0.3, -0.25) is 0 Å². The van der Waals surface area contributed by atoms with Crippen molar-refractivity contribution in [1.82, 2.24) is 0 Å². The number of benzene rings is 9. The van der Waals surface area contributed by atoms with Gasteiger partial charge in [-0.2, -0.15) is 0 Å². The lowest BCUT2D eigenvalue weighted by Gasteiger charge is -2.25. The van der Waals surface area contributed by atoms with E-state index in [4.69, 9.17) is 4.74 Å². The van der Waals surface area contributed by atoms with Crippen LogP contribution in [0.3, 0.4) is 0 Å². The third-order valence-electron chi connectivity index (χ3n) is 9.84. The number of fused-ring (bicyclic) bond motifs is 5. The molecule has 0 amide bonds. The van der Waals surface area contributed by atoms with Crippen molar-refractivity contribution in [2.24, 2.45) is 0 Å². The Kier molecular flexibility index (Phi) is 5.64. The molecule has 0 bridgehead atoms. The topological polar surface area (TPSA) is 9.23 Å². The maximum absolute atomic E-state index is 6.85. The summed E-state index contributed by atoms with van der Waals surface area (Å²) in [6.07, 6.45) is 0. The molecule has 10 rings (SSSR count). The average Bonchev–Trinajstić information content (AvgIpc) is 3.14. The average molecular weight is 597 g/mol. The molecule has 1 heterocycles. The molecule has 0 fully saturated rings. The molecule has 1 nitrogen and oxygen atoms in total. The minimum Gasteiger partial charge on any atom is -0.455 e. The van der Waals surface area contributed by atoms with E-state index >= 15 is 0 Å². The summed E-state index contributed by atoms with van der Waals surface area (Å²) in [6, 6.07) is 61.4. The normalized spacial score (nSPS) is 12.0. The Balaban J connectivity index is 1.26. The van der Waals surface area contributed by atoms with Crippen LogP contribution in [0.15, 0.2) is 170 Å². The van der Waals surface area contributed by atoms with Crippen LogP contribution in [0.25, 0.3) is 87.6 Å². The van der Waals surface area contributed by atoms with E-state index in [9.17, 15) is 0 Å². The highest BCUT2D eigenvalue weighted by Crippen LogP contribution is 2.53. The molecule has 0 atom stereocenters. The van der Waals surface area contributed by atoms with Crippen molar-refractivity contribution < 1.29 is 4.74 Å². The fraction of sp³-hybridized carbons (Fsp3) is 0. The van der Waals surface area contributed by atoms with Gasteiger partial charge in [-0.15, -0.1) is 0 Å². The Morgan fingerprint density at radius 2 is 0.872 bits per heavy atom. The number of para-hydroxylation sites is 1. The maximum atomic E-state index is 6.85. The van der Waals surface area contributed by atoms with E-state index in [1.807, 2.05) is 0 Å². The molecule has 0 unspecified atom stereocenters. The van der Waals surface area contributed by atoms with Gasteiger partial charge in [0.15, 0.2) is 0 Å². The van der Waals surface area contributed by atoms with E-state index in [1.54, 1.807) is 0 Å². The predicted octanol–water partition coefficient (Wildman–Crippen LogP) is 13.1. The van der Waals surface area contributed by atoms with Crippen LogP contribution in [0.5, 0.6) is 11.5 Å². The molecule has 0 aliphatic carbocycles. The molecule has 0 radical (unpaired) electrons. The van der Waals surface area contributed by atoms with Gasteiger partial charge in [0.05, 0.1) is 0 Å². The van der Waals surface area contributed by atoms with Crippen molar-refractivity contribution in [3.05, 3.63) is 170 Å². The number of hydrogen-bond donors (Lipinski definition) is 0. The number of rotatable bonds is 3. The molecule has 47 heavy (non-hydrogen) atoms. The molecule has 0 saturated carbocycles. The van der Waals surface area contributed by atoms with E-state index in [0.717, 1.165) is 22.6 Å². The van der Waals surface area contributed by atoms with Gasteiger partial charge < -0.3 is 4.74 Å². The number of ether oxygens (including phenoxy) is 1. The lowest BCUT2D eigenvalue weighted by molar-refractivity contribution is 0.489. The summed E-state index contributed by atoms with van der Waals surface area (Å²) >= 11 is 0. The number of hydrogen-bond acceptors (Lipinski definition) is 1. The van der Waals surface area contributed by atoms with Crippen molar-refractivity contribution in [2.75, 3.05) is 0 Å². The van der Waals surface area contributed by atoms with Gasteiger partial charge in [0, 0.05) is 22.1 Å². The Labute approximate surface area is 272 Å². The third kappa shape index (κ3) is 3.90. The summed E-state index contributed by atoms with van der Waals surface area (Å²) in [5.41, 5.74) is 9.63. The summed E-state index contributed by atoms with van der Waals surface area (Å²) in [5, 5.41) is 9.76. The van der Waals surface area contributed by atoms with Crippen LogP contribution in [-0.2, 0) is 0 Å². The van der Waals surface area contributed by atoms with Crippen molar-refractivity contribution in [2.45, 2.75) is 0 Å². The van der Waals surface area contributed by atoms with E-state index in [0.29, 0.717) is 0 Å². The predicted molar refractivity (Wildman–Crippen MR) is 198 cm³/mol. The molecule has 1 heteroatoms. The second-order valence-electron chi connectivity index (χ2n) is 12.4. The fourth-order valence-electron chi connectivity index (χ4n) is 7.80. The van der Waals surface area contributed by atoms with Crippen molar-refractivity contribution in [3.63, 3.8) is 0 Å². The summed E-state index contributed by atoms with van der Waals surface area (Å²) in [4.78, 5) is 0. The molecule has 1 aliphatic rings. The highest BCUT2D eigenvalue weighted by atomic mass is 16.5. The van der Waals surface area contributed by atoms with Gasteiger partial charge in [0.2, 0.25) is 0 Å². The Morgan fingerprint density at radius 3 is 1.60 bits per heavy atom. The van der Waals surface area contributed by atoms with Crippen LogP contribution in [0.1, 0.15) is 0 Å². The zero-order chi connectivity index (χ0) is 30.9. The van der Waals surface area contributed by atoms with Gasteiger partial charge in [0.1, 0.15) is 11.5 Å². The highest BCUT2D eigenvalue weighted by molar-refractivity contribution is 6.24. The Morgan fingerprint density at radius 1 is 0.319 bits per heavy atom. The lowest BCUT2D eigenvalue weighted by atomic mass is 9.83. The first-order valence-electron chi connectivity index (χ1n) is 16.2. The maximum Gasteiger partial charge on any atom is 0.143 e. The standard InChI is InChI=1S/C46H28O/c1-2-12-29(13-3-1)31-26-27-33-32(28-31)16-9-21-34(33)44-35-17-4-6-19-37(35)45(38-20-7-5-18-36(38)44)41-24-11-23-40-39-22-8-14-30-15-10-25-42(43(30)39)47-46(40)41/h1-28H. The summed E-state index contributed by atoms with van der Waals surface area (Å²) in [7, 11) is 0. The second kappa shape index (κ2) is 10.2.